The Morgan fingerprint density at radius 3 is 2.71 bits per heavy atom. The minimum atomic E-state index is 0.407. The molecule has 0 amide bonds. The first-order chi connectivity index (χ1) is 8.27. The molecule has 2 rings (SSSR count). The Bertz CT molecular complexity index is 216. The van der Waals surface area contributed by atoms with Crippen LogP contribution in [0.5, 0.6) is 0 Å². The van der Waals surface area contributed by atoms with E-state index in [0.29, 0.717) is 12.1 Å². The summed E-state index contributed by atoms with van der Waals surface area (Å²) in [5, 5.41) is 3.42. The molecule has 0 aromatic heterocycles. The summed E-state index contributed by atoms with van der Waals surface area (Å²) in [6, 6.07) is 0.656. The van der Waals surface area contributed by atoms with Crippen LogP contribution in [0.15, 0.2) is 0 Å². The normalized spacial score (nSPS) is 29.6. The number of rotatable bonds is 5. The predicted molar refractivity (Wildman–Crippen MR) is 71.3 cm³/mol. The van der Waals surface area contributed by atoms with Gasteiger partial charge in [-0.1, -0.05) is 0 Å². The summed E-state index contributed by atoms with van der Waals surface area (Å²) in [6.45, 7) is 6.84. The highest BCUT2D eigenvalue weighted by Gasteiger charge is 2.26. The molecule has 0 radical (unpaired) electrons. The molecule has 2 unspecified atom stereocenters. The number of hydrogen-bond acceptors (Lipinski definition) is 3. The van der Waals surface area contributed by atoms with Crippen molar-refractivity contribution in [2.75, 3.05) is 33.3 Å². The topological polar surface area (TPSA) is 24.5 Å². The van der Waals surface area contributed by atoms with Gasteiger partial charge in [0.1, 0.15) is 0 Å². The van der Waals surface area contributed by atoms with E-state index < -0.39 is 0 Å². The van der Waals surface area contributed by atoms with E-state index in [1.807, 2.05) is 0 Å². The number of hydrogen-bond donors (Lipinski definition) is 1. The molecule has 2 aliphatic heterocycles. The highest BCUT2D eigenvalue weighted by molar-refractivity contribution is 4.81. The second-order valence-electron chi connectivity index (χ2n) is 5.75. The van der Waals surface area contributed by atoms with Crippen molar-refractivity contribution in [3.8, 4) is 0 Å². The number of nitrogens with one attached hydrogen (secondary N) is 1. The third kappa shape index (κ3) is 3.94. The minimum absolute atomic E-state index is 0.407. The first-order valence-electron chi connectivity index (χ1n) is 7.30. The van der Waals surface area contributed by atoms with Gasteiger partial charge in [-0.25, -0.2) is 0 Å². The average molecular weight is 240 g/mol. The highest BCUT2D eigenvalue weighted by atomic mass is 16.5. The van der Waals surface area contributed by atoms with Crippen LogP contribution in [-0.4, -0.2) is 50.3 Å². The van der Waals surface area contributed by atoms with Crippen LogP contribution in [0.1, 0.15) is 39.0 Å². The first kappa shape index (κ1) is 13.3. The molecule has 0 aliphatic carbocycles. The molecular formula is C14H28N2O. The van der Waals surface area contributed by atoms with Gasteiger partial charge < -0.3 is 15.0 Å². The van der Waals surface area contributed by atoms with Crippen molar-refractivity contribution in [1.29, 1.82) is 0 Å². The Labute approximate surface area is 106 Å². The Hall–Kier alpha value is -0.120. The quantitative estimate of drug-likeness (QED) is 0.794. The average Bonchev–Trinajstić information content (AvgIpc) is 2.77. The maximum Gasteiger partial charge on any atom is 0.0702 e. The molecule has 2 atom stereocenters. The molecule has 0 spiro atoms. The monoisotopic (exact) mass is 240 g/mol. The Balaban J connectivity index is 1.60. The van der Waals surface area contributed by atoms with Gasteiger partial charge in [0, 0.05) is 12.6 Å². The van der Waals surface area contributed by atoms with Crippen molar-refractivity contribution in [3.63, 3.8) is 0 Å². The fraction of sp³-hybridized carbons (Fsp3) is 1.00. The van der Waals surface area contributed by atoms with E-state index in [1.54, 1.807) is 0 Å². The lowest BCUT2D eigenvalue weighted by Gasteiger charge is -2.28. The number of likely N-dealkylation sites (tertiary alicyclic amines) is 1. The van der Waals surface area contributed by atoms with Gasteiger partial charge in [0.25, 0.3) is 0 Å². The molecule has 0 saturated carbocycles. The summed E-state index contributed by atoms with van der Waals surface area (Å²) in [6.07, 6.45) is 6.97. The van der Waals surface area contributed by atoms with E-state index in [-0.39, 0.29) is 0 Å². The summed E-state index contributed by atoms with van der Waals surface area (Å²) in [5.74, 6) is 0.893. The van der Waals surface area contributed by atoms with Crippen molar-refractivity contribution < 1.29 is 4.74 Å². The van der Waals surface area contributed by atoms with Crippen molar-refractivity contribution in [3.05, 3.63) is 0 Å². The molecular weight excluding hydrogens is 212 g/mol. The Kier molecular flexibility index (Phi) is 5.26. The summed E-state index contributed by atoms with van der Waals surface area (Å²) in [7, 11) is 2.23. The molecule has 1 N–H and O–H groups in total. The van der Waals surface area contributed by atoms with E-state index in [9.17, 15) is 0 Å². The molecule has 0 aromatic carbocycles. The van der Waals surface area contributed by atoms with Crippen LogP contribution < -0.4 is 5.32 Å². The van der Waals surface area contributed by atoms with E-state index in [0.717, 1.165) is 12.5 Å². The number of ether oxygens (including phenoxy) is 1. The van der Waals surface area contributed by atoms with Gasteiger partial charge in [-0.15, -0.1) is 0 Å². The third-order valence-corrected chi connectivity index (χ3v) is 4.48. The van der Waals surface area contributed by atoms with Crippen LogP contribution in [0.3, 0.4) is 0 Å². The fourth-order valence-corrected chi connectivity index (χ4v) is 3.23. The van der Waals surface area contributed by atoms with E-state index in [4.69, 9.17) is 4.74 Å². The lowest BCUT2D eigenvalue weighted by molar-refractivity contribution is 0.00872. The van der Waals surface area contributed by atoms with Crippen molar-refractivity contribution in [2.45, 2.75) is 51.2 Å². The van der Waals surface area contributed by atoms with E-state index >= 15 is 0 Å². The predicted octanol–water partition coefficient (Wildman–Crippen LogP) is 1.88. The maximum absolute atomic E-state index is 6.04. The molecule has 2 aliphatic rings. The molecule has 2 saturated heterocycles. The van der Waals surface area contributed by atoms with E-state index in [2.05, 4.69) is 24.2 Å². The summed E-state index contributed by atoms with van der Waals surface area (Å²) in [4.78, 5) is 2.45. The van der Waals surface area contributed by atoms with Crippen LogP contribution in [-0.2, 0) is 4.74 Å². The Morgan fingerprint density at radius 1 is 1.29 bits per heavy atom. The van der Waals surface area contributed by atoms with Gasteiger partial charge in [-0.05, 0) is 71.6 Å². The van der Waals surface area contributed by atoms with Crippen molar-refractivity contribution in [2.24, 2.45) is 5.92 Å². The zero-order valence-corrected chi connectivity index (χ0v) is 11.5. The third-order valence-electron chi connectivity index (χ3n) is 4.48. The molecule has 0 bridgehead atoms. The van der Waals surface area contributed by atoms with Gasteiger partial charge in [-0.3, -0.25) is 0 Å². The van der Waals surface area contributed by atoms with Gasteiger partial charge >= 0.3 is 0 Å². The summed E-state index contributed by atoms with van der Waals surface area (Å²) in [5.41, 5.74) is 0. The molecule has 2 fully saturated rings. The van der Waals surface area contributed by atoms with Gasteiger partial charge in [0.05, 0.1) is 6.10 Å². The molecule has 0 aromatic rings. The van der Waals surface area contributed by atoms with Crippen LogP contribution in [0.2, 0.25) is 0 Å². The molecule has 2 heterocycles. The van der Waals surface area contributed by atoms with Gasteiger partial charge in [-0.2, -0.15) is 0 Å². The summed E-state index contributed by atoms with van der Waals surface area (Å²) < 4.78 is 6.04. The zero-order valence-electron chi connectivity index (χ0n) is 11.5. The standard InChI is InChI=1S/C14H28N2O/c1-12(14-4-3-10-16(14)2)17-11-7-13-5-8-15-9-6-13/h12-15H,3-11H2,1-2H3. The first-order valence-corrected chi connectivity index (χ1v) is 7.30. The number of likely N-dealkylation sites (N-methyl/N-ethyl adjacent to an activating group) is 1. The summed E-state index contributed by atoms with van der Waals surface area (Å²) >= 11 is 0. The molecule has 3 heteroatoms. The van der Waals surface area contributed by atoms with Crippen LogP contribution in [0, 0.1) is 5.92 Å². The molecule has 3 nitrogen and oxygen atoms in total. The fourth-order valence-electron chi connectivity index (χ4n) is 3.23. The van der Waals surface area contributed by atoms with Gasteiger partial charge in [0.2, 0.25) is 0 Å². The highest BCUT2D eigenvalue weighted by Crippen LogP contribution is 2.21. The van der Waals surface area contributed by atoms with Gasteiger partial charge in [0.15, 0.2) is 0 Å². The zero-order chi connectivity index (χ0) is 12.1. The largest absolute Gasteiger partial charge is 0.377 e. The smallest absolute Gasteiger partial charge is 0.0702 e. The SMILES string of the molecule is CC(OCCC1CCNCC1)C1CCCN1C. The molecule has 100 valence electrons. The molecule has 17 heavy (non-hydrogen) atoms. The second-order valence-corrected chi connectivity index (χ2v) is 5.75. The minimum Gasteiger partial charge on any atom is -0.377 e. The van der Waals surface area contributed by atoms with Crippen molar-refractivity contribution in [1.82, 2.24) is 10.2 Å². The van der Waals surface area contributed by atoms with Crippen LogP contribution in [0.4, 0.5) is 0 Å². The van der Waals surface area contributed by atoms with E-state index in [1.165, 1.54) is 51.7 Å². The lowest BCUT2D eigenvalue weighted by Crippen LogP contribution is -2.36. The lowest BCUT2D eigenvalue weighted by atomic mass is 9.95. The Morgan fingerprint density at radius 2 is 2.06 bits per heavy atom. The number of nitrogens with zero attached hydrogens (tertiary/aromatic N) is 1. The van der Waals surface area contributed by atoms with Crippen LogP contribution >= 0.6 is 0 Å². The van der Waals surface area contributed by atoms with Crippen LogP contribution in [0.25, 0.3) is 0 Å². The van der Waals surface area contributed by atoms with Crippen molar-refractivity contribution >= 4 is 0 Å². The second kappa shape index (κ2) is 6.72. The number of piperidine rings is 1. The maximum atomic E-state index is 6.04.